The van der Waals surface area contributed by atoms with Crippen molar-refractivity contribution in [1.82, 2.24) is 15.1 Å². The summed E-state index contributed by atoms with van der Waals surface area (Å²) in [5.74, 6) is 0. The summed E-state index contributed by atoms with van der Waals surface area (Å²) in [6.07, 6.45) is 11.6. The van der Waals surface area contributed by atoms with Gasteiger partial charge in [0.2, 0.25) is 0 Å². The molecule has 1 saturated carbocycles. The Bertz CT molecular complexity index is 697. The van der Waals surface area contributed by atoms with Gasteiger partial charge < -0.3 is 5.32 Å². The number of hydrogen-bond acceptors (Lipinski definition) is 2. The molecule has 2 aliphatic rings. The van der Waals surface area contributed by atoms with Crippen LogP contribution in [0.1, 0.15) is 62.2 Å². The topological polar surface area (TPSA) is 29.9 Å². The third-order valence-electron chi connectivity index (χ3n) is 5.75. The lowest BCUT2D eigenvalue weighted by molar-refractivity contribution is 0.340. The van der Waals surface area contributed by atoms with Gasteiger partial charge in [0.25, 0.3) is 0 Å². The minimum absolute atomic E-state index is 0.577. The van der Waals surface area contributed by atoms with Crippen molar-refractivity contribution in [1.29, 1.82) is 0 Å². The van der Waals surface area contributed by atoms with Gasteiger partial charge in [-0.15, -0.1) is 0 Å². The molecule has 2 aromatic rings. The lowest BCUT2D eigenvalue weighted by atomic mass is 9.96. The molecule has 1 N–H and O–H groups in total. The van der Waals surface area contributed by atoms with Crippen LogP contribution in [0.15, 0.2) is 24.3 Å². The molecule has 0 atom stereocenters. The molecule has 4 rings (SSSR count). The predicted molar refractivity (Wildman–Crippen MR) is 104 cm³/mol. The van der Waals surface area contributed by atoms with E-state index in [1.165, 1.54) is 67.5 Å². The van der Waals surface area contributed by atoms with E-state index in [4.69, 9.17) is 16.7 Å². The Labute approximate surface area is 155 Å². The summed E-state index contributed by atoms with van der Waals surface area (Å²) < 4.78 is 2.41. The molecule has 1 aliphatic carbocycles. The fraction of sp³-hybridized carbons (Fsp3) is 0.571. The summed E-state index contributed by atoms with van der Waals surface area (Å²) in [7, 11) is 0. The number of halogens is 1. The monoisotopic (exact) mass is 357 g/mol. The van der Waals surface area contributed by atoms with Gasteiger partial charge in [-0.2, -0.15) is 5.10 Å². The van der Waals surface area contributed by atoms with Gasteiger partial charge >= 0.3 is 0 Å². The van der Waals surface area contributed by atoms with Crippen molar-refractivity contribution in [2.45, 2.75) is 63.8 Å². The molecule has 2 heterocycles. The molecule has 1 aromatic carbocycles. The van der Waals surface area contributed by atoms with Crippen LogP contribution in [-0.2, 0) is 12.8 Å². The van der Waals surface area contributed by atoms with Crippen LogP contribution in [0.4, 0.5) is 0 Å². The molecule has 0 spiro atoms. The maximum atomic E-state index is 6.09. The normalized spacial score (nSPS) is 19.7. The SMILES string of the molecule is Clc1ccc(-c2nn(C3CCCCCCC3)c3c2CCNCC3)cc1. The summed E-state index contributed by atoms with van der Waals surface area (Å²) in [5.41, 5.74) is 5.31. The standard InChI is InChI=1S/C21H28ClN3/c22-17-10-8-16(9-11-17)21-19-12-14-23-15-13-20(19)25(24-21)18-6-4-2-1-3-5-7-18/h8-11,18,23H,1-7,12-15H2. The molecular formula is C21H28ClN3. The molecular weight excluding hydrogens is 330 g/mol. The molecule has 3 nitrogen and oxygen atoms in total. The first-order valence-electron chi connectivity index (χ1n) is 9.90. The zero-order chi connectivity index (χ0) is 17.1. The quantitative estimate of drug-likeness (QED) is 0.802. The van der Waals surface area contributed by atoms with Gasteiger partial charge in [0, 0.05) is 34.8 Å². The predicted octanol–water partition coefficient (Wildman–Crippen LogP) is 5.18. The van der Waals surface area contributed by atoms with E-state index in [0.29, 0.717) is 6.04 Å². The second kappa shape index (κ2) is 7.92. The van der Waals surface area contributed by atoms with E-state index >= 15 is 0 Å². The van der Waals surface area contributed by atoms with Crippen LogP contribution in [0.3, 0.4) is 0 Å². The van der Waals surface area contributed by atoms with Crippen LogP contribution in [0, 0.1) is 0 Å². The summed E-state index contributed by atoms with van der Waals surface area (Å²) in [5, 5.41) is 9.52. The highest BCUT2D eigenvalue weighted by molar-refractivity contribution is 6.30. The summed E-state index contributed by atoms with van der Waals surface area (Å²) in [6.45, 7) is 2.11. The summed E-state index contributed by atoms with van der Waals surface area (Å²) in [4.78, 5) is 0. The number of rotatable bonds is 2. The highest BCUT2D eigenvalue weighted by atomic mass is 35.5. The maximum Gasteiger partial charge on any atom is 0.0958 e. The Hall–Kier alpha value is -1.32. The van der Waals surface area contributed by atoms with Crippen molar-refractivity contribution >= 4 is 11.6 Å². The number of nitrogens with zero attached hydrogens (tertiary/aromatic N) is 2. The second-order valence-electron chi connectivity index (χ2n) is 7.47. The number of aromatic nitrogens is 2. The van der Waals surface area contributed by atoms with Crippen molar-refractivity contribution in [3.8, 4) is 11.3 Å². The molecule has 0 radical (unpaired) electrons. The first kappa shape index (κ1) is 17.1. The average Bonchev–Trinajstić information content (AvgIpc) is 2.77. The molecule has 0 unspecified atom stereocenters. The molecule has 0 amide bonds. The van der Waals surface area contributed by atoms with Crippen molar-refractivity contribution < 1.29 is 0 Å². The van der Waals surface area contributed by atoms with Crippen LogP contribution in [0.25, 0.3) is 11.3 Å². The molecule has 4 heteroatoms. The van der Waals surface area contributed by atoms with Crippen LogP contribution < -0.4 is 5.32 Å². The second-order valence-corrected chi connectivity index (χ2v) is 7.91. The van der Waals surface area contributed by atoms with Crippen LogP contribution >= 0.6 is 11.6 Å². The Morgan fingerprint density at radius 1 is 0.920 bits per heavy atom. The highest BCUT2D eigenvalue weighted by Gasteiger charge is 2.25. The van der Waals surface area contributed by atoms with Crippen molar-refractivity contribution in [2.75, 3.05) is 13.1 Å². The van der Waals surface area contributed by atoms with Gasteiger partial charge in [-0.05, 0) is 37.9 Å². The number of benzene rings is 1. The fourth-order valence-corrected chi connectivity index (χ4v) is 4.52. The van der Waals surface area contributed by atoms with Crippen molar-refractivity contribution in [2.24, 2.45) is 0 Å². The van der Waals surface area contributed by atoms with Gasteiger partial charge in [0.15, 0.2) is 0 Å². The molecule has 25 heavy (non-hydrogen) atoms. The van der Waals surface area contributed by atoms with Gasteiger partial charge in [-0.3, -0.25) is 4.68 Å². The van der Waals surface area contributed by atoms with E-state index in [0.717, 1.165) is 31.0 Å². The number of hydrogen-bond donors (Lipinski definition) is 1. The van der Waals surface area contributed by atoms with Crippen molar-refractivity contribution in [3.05, 3.63) is 40.5 Å². The summed E-state index contributed by atoms with van der Waals surface area (Å²) >= 11 is 6.09. The first-order valence-corrected chi connectivity index (χ1v) is 10.3. The Morgan fingerprint density at radius 2 is 1.60 bits per heavy atom. The Morgan fingerprint density at radius 3 is 2.36 bits per heavy atom. The lowest BCUT2D eigenvalue weighted by Crippen LogP contribution is -2.19. The third-order valence-corrected chi connectivity index (χ3v) is 6.00. The van der Waals surface area contributed by atoms with E-state index in [2.05, 4.69) is 22.1 Å². The summed E-state index contributed by atoms with van der Waals surface area (Å²) in [6, 6.07) is 8.77. The third kappa shape index (κ3) is 3.78. The zero-order valence-corrected chi connectivity index (χ0v) is 15.7. The molecule has 0 saturated heterocycles. The van der Waals surface area contributed by atoms with E-state index in [1.54, 1.807) is 0 Å². The van der Waals surface area contributed by atoms with Crippen LogP contribution in [-0.4, -0.2) is 22.9 Å². The van der Waals surface area contributed by atoms with Gasteiger partial charge in [-0.25, -0.2) is 0 Å². The lowest BCUT2D eigenvalue weighted by Gasteiger charge is -2.22. The van der Waals surface area contributed by atoms with Crippen LogP contribution in [0.5, 0.6) is 0 Å². The molecule has 0 bridgehead atoms. The zero-order valence-electron chi connectivity index (χ0n) is 14.9. The van der Waals surface area contributed by atoms with E-state index < -0.39 is 0 Å². The minimum Gasteiger partial charge on any atom is -0.316 e. The highest BCUT2D eigenvalue weighted by Crippen LogP contribution is 2.34. The maximum absolute atomic E-state index is 6.09. The van der Waals surface area contributed by atoms with Gasteiger partial charge in [0.1, 0.15) is 0 Å². The fourth-order valence-electron chi connectivity index (χ4n) is 4.40. The number of nitrogens with one attached hydrogen (secondary N) is 1. The first-order chi connectivity index (χ1) is 12.3. The van der Waals surface area contributed by atoms with Crippen molar-refractivity contribution in [3.63, 3.8) is 0 Å². The largest absolute Gasteiger partial charge is 0.316 e. The van der Waals surface area contributed by atoms with E-state index in [9.17, 15) is 0 Å². The van der Waals surface area contributed by atoms with E-state index in [1.807, 2.05) is 12.1 Å². The average molecular weight is 358 g/mol. The molecule has 1 aromatic heterocycles. The number of fused-ring (bicyclic) bond motifs is 1. The van der Waals surface area contributed by atoms with E-state index in [-0.39, 0.29) is 0 Å². The van der Waals surface area contributed by atoms with Crippen LogP contribution in [0.2, 0.25) is 5.02 Å². The Kier molecular flexibility index (Phi) is 5.42. The van der Waals surface area contributed by atoms with Gasteiger partial charge in [0.05, 0.1) is 11.7 Å². The smallest absolute Gasteiger partial charge is 0.0958 e. The van der Waals surface area contributed by atoms with Gasteiger partial charge in [-0.1, -0.05) is 55.8 Å². The minimum atomic E-state index is 0.577. The Balaban J connectivity index is 1.74. The molecule has 134 valence electrons. The molecule has 1 aliphatic heterocycles. The molecule has 1 fully saturated rings.